The summed E-state index contributed by atoms with van der Waals surface area (Å²) in [6.45, 7) is 3.02. The van der Waals surface area contributed by atoms with E-state index < -0.39 is 0 Å². The number of rotatable bonds is 16. The van der Waals surface area contributed by atoms with Crippen molar-refractivity contribution >= 4 is 5.97 Å². The van der Waals surface area contributed by atoms with Crippen molar-refractivity contribution in [3.63, 3.8) is 0 Å². The molecule has 3 nitrogen and oxygen atoms in total. The highest BCUT2D eigenvalue weighted by atomic mass is 16.5. The summed E-state index contributed by atoms with van der Waals surface area (Å²) in [7, 11) is 1.75. The summed E-state index contributed by atoms with van der Waals surface area (Å²) >= 11 is 0. The van der Waals surface area contributed by atoms with Gasteiger partial charge >= 0.3 is 5.97 Å². The maximum atomic E-state index is 11.1. The van der Waals surface area contributed by atoms with Gasteiger partial charge in [0.2, 0.25) is 0 Å². The zero-order valence-electron chi connectivity index (χ0n) is 15.8. The first-order valence-corrected chi connectivity index (χ1v) is 9.56. The summed E-state index contributed by atoms with van der Waals surface area (Å²) in [6.07, 6.45) is 25.1. The fourth-order valence-corrected chi connectivity index (χ4v) is 2.28. The van der Waals surface area contributed by atoms with Crippen LogP contribution in [0.25, 0.3) is 0 Å². The number of hydrogen-bond donors (Lipinski definition) is 1. The van der Waals surface area contributed by atoms with E-state index in [1.54, 1.807) is 7.05 Å². The molecule has 0 rings (SSSR count). The van der Waals surface area contributed by atoms with Gasteiger partial charge in [-0.3, -0.25) is 4.79 Å². The van der Waals surface area contributed by atoms with E-state index >= 15 is 0 Å². The minimum atomic E-state index is -0.156. The van der Waals surface area contributed by atoms with Gasteiger partial charge in [-0.25, -0.2) is 0 Å². The molecule has 0 unspecified atom stereocenters. The molecule has 0 saturated heterocycles. The smallest absolute Gasteiger partial charge is 0.319 e. The van der Waals surface area contributed by atoms with Crippen LogP contribution in [0.4, 0.5) is 0 Å². The third-order valence-electron chi connectivity index (χ3n) is 3.63. The lowest BCUT2D eigenvalue weighted by atomic mass is 10.1. The van der Waals surface area contributed by atoms with Crippen LogP contribution in [-0.2, 0) is 9.53 Å². The second-order valence-corrected chi connectivity index (χ2v) is 5.95. The molecule has 0 aromatic rings. The first-order chi connectivity index (χ1) is 11.8. The molecule has 0 radical (unpaired) electrons. The maximum Gasteiger partial charge on any atom is 0.319 e. The molecule has 24 heavy (non-hydrogen) atoms. The quantitative estimate of drug-likeness (QED) is 0.235. The summed E-state index contributed by atoms with van der Waals surface area (Å²) in [5.74, 6) is -0.156. The number of ether oxygens (including phenoxy) is 1. The first-order valence-electron chi connectivity index (χ1n) is 9.56. The van der Waals surface area contributed by atoms with Crippen LogP contribution in [0.15, 0.2) is 36.5 Å². The zero-order valence-corrected chi connectivity index (χ0v) is 15.8. The monoisotopic (exact) mass is 335 g/mol. The highest BCUT2D eigenvalue weighted by Crippen LogP contribution is 2.08. The van der Waals surface area contributed by atoms with Crippen LogP contribution in [0, 0.1) is 0 Å². The van der Waals surface area contributed by atoms with Crippen molar-refractivity contribution in [2.75, 3.05) is 20.2 Å². The molecule has 0 aromatic carbocycles. The van der Waals surface area contributed by atoms with E-state index in [9.17, 15) is 4.79 Å². The van der Waals surface area contributed by atoms with Crippen LogP contribution in [0.5, 0.6) is 0 Å². The molecule has 0 saturated carbocycles. The molecule has 0 aliphatic carbocycles. The zero-order chi connectivity index (χ0) is 17.7. The summed E-state index contributed by atoms with van der Waals surface area (Å²) in [4.78, 5) is 11.1. The highest BCUT2D eigenvalue weighted by molar-refractivity contribution is 5.71. The normalized spacial score (nSPS) is 11.9. The summed E-state index contributed by atoms with van der Waals surface area (Å²) in [5.41, 5.74) is 0. The van der Waals surface area contributed by atoms with Gasteiger partial charge in [-0.15, -0.1) is 0 Å². The SMILES string of the molecule is CC/C=C\C/C=C\C/C=C\CCCCCCCCOC(=O)CNC. The molecule has 0 heterocycles. The molecule has 0 aliphatic heterocycles. The number of carbonyl (C=O) groups is 1. The Labute approximate surface area is 149 Å². The van der Waals surface area contributed by atoms with Gasteiger partial charge in [-0.1, -0.05) is 69.1 Å². The van der Waals surface area contributed by atoms with Crippen molar-refractivity contribution in [2.24, 2.45) is 0 Å². The number of allylic oxidation sites excluding steroid dienone is 6. The molecule has 0 bridgehead atoms. The lowest BCUT2D eigenvalue weighted by Crippen LogP contribution is -2.21. The fourth-order valence-electron chi connectivity index (χ4n) is 2.28. The Hall–Kier alpha value is -1.35. The minimum absolute atomic E-state index is 0.156. The van der Waals surface area contributed by atoms with E-state index in [0.29, 0.717) is 13.2 Å². The predicted molar refractivity (Wildman–Crippen MR) is 104 cm³/mol. The number of esters is 1. The number of nitrogens with one attached hydrogen (secondary N) is 1. The average molecular weight is 336 g/mol. The molecule has 0 amide bonds. The molecule has 0 aliphatic rings. The molecule has 0 aromatic heterocycles. The van der Waals surface area contributed by atoms with Crippen LogP contribution >= 0.6 is 0 Å². The predicted octanol–water partition coefficient (Wildman–Crippen LogP) is 5.34. The Bertz CT molecular complexity index is 359. The third-order valence-corrected chi connectivity index (χ3v) is 3.63. The van der Waals surface area contributed by atoms with Gasteiger partial charge in [0.05, 0.1) is 13.2 Å². The molecule has 1 N–H and O–H groups in total. The van der Waals surface area contributed by atoms with E-state index in [-0.39, 0.29) is 5.97 Å². The van der Waals surface area contributed by atoms with E-state index in [4.69, 9.17) is 4.74 Å². The molecular formula is C21H37NO2. The van der Waals surface area contributed by atoms with Crippen LogP contribution in [0.1, 0.15) is 71.1 Å². The molecule has 138 valence electrons. The number of carbonyl (C=O) groups excluding carboxylic acids is 1. The summed E-state index contributed by atoms with van der Waals surface area (Å²) < 4.78 is 5.08. The molecule has 0 fully saturated rings. The average Bonchev–Trinajstić information content (AvgIpc) is 2.58. The van der Waals surface area contributed by atoms with Crippen LogP contribution in [-0.4, -0.2) is 26.2 Å². The van der Waals surface area contributed by atoms with Crippen molar-refractivity contribution in [1.29, 1.82) is 0 Å². The van der Waals surface area contributed by atoms with E-state index in [2.05, 4.69) is 48.7 Å². The van der Waals surface area contributed by atoms with Crippen molar-refractivity contribution < 1.29 is 9.53 Å². The minimum Gasteiger partial charge on any atom is -0.465 e. The standard InChI is InChI=1S/C21H37NO2/c1-3-4-5-6-7-8-9-10-11-12-13-14-15-16-17-18-19-24-21(23)20-22-2/h4-5,7-8,10-11,22H,3,6,9,12-20H2,1-2H3/b5-4-,8-7-,11-10-. The lowest BCUT2D eigenvalue weighted by Gasteiger charge is -2.04. The van der Waals surface area contributed by atoms with Crippen molar-refractivity contribution in [3.8, 4) is 0 Å². The van der Waals surface area contributed by atoms with Crippen molar-refractivity contribution in [1.82, 2.24) is 5.32 Å². The second-order valence-electron chi connectivity index (χ2n) is 5.95. The maximum absolute atomic E-state index is 11.1. The van der Waals surface area contributed by atoms with Gasteiger partial charge in [-0.05, 0) is 45.6 Å². The molecule has 3 heteroatoms. The van der Waals surface area contributed by atoms with Crippen molar-refractivity contribution in [3.05, 3.63) is 36.5 Å². The van der Waals surface area contributed by atoms with Gasteiger partial charge in [0.15, 0.2) is 0 Å². The highest BCUT2D eigenvalue weighted by Gasteiger charge is 1.99. The molecule has 0 spiro atoms. The molecule has 0 atom stereocenters. The van der Waals surface area contributed by atoms with E-state index in [1.165, 1.54) is 32.1 Å². The van der Waals surface area contributed by atoms with Crippen LogP contribution in [0.3, 0.4) is 0 Å². The summed E-state index contributed by atoms with van der Waals surface area (Å²) in [6, 6.07) is 0. The van der Waals surface area contributed by atoms with E-state index in [0.717, 1.165) is 32.1 Å². The Balaban J connectivity index is 3.23. The molecular weight excluding hydrogens is 298 g/mol. The largest absolute Gasteiger partial charge is 0.465 e. The third kappa shape index (κ3) is 18.7. The fraction of sp³-hybridized carbons (Fsp3) is 0.667. The Morgan fingerprint density at radius 3 is 2.08 bits per heavy atom. The van der Waals surface area contributed by atoms with Crippen molar-refractivity contribution in [2.45, 2.75) is 71.1 Å². The van der Waals surface area contributed by atoms with Gasteiger partial charge in [0.25, 0.3) is 0 Å². The topological polar surface area (TPSA) is 38.3 Å². The Kier molecular flexibility index (Phi) is 18.6. The van der Waals surface area contributed by atoms with Gasteiger partial charge in [0.1, 0.15) is 0 Å². The number of likely N-dealkylation sites (N-methyl/N-ethyl adjacent to an activating group) is 1. The number of hydrogen-bond acceptors (Lipinski definition) is 3. The van der Waals surface area contributed by atoms with Crippen LogP contribution in [0.2, 0.25) is 0 Å². The summed E-state index contributed by atoms with van der Waals surface area (Å²) in [5, 5.41) is 2.79. The first kappa shape index (κ1) is 22.6. The van der Waals surface area contributed by atoms with E-state index in [1.807, 2.05) is 0 Å². The van der Waals surface area contributed by atoms with Crippen LogP contribution < -0.4 is 5.32 Å². The van der Waals surface area contributed by atoms with Gasteiger partial charge in [-0.2, -0.15) is 0 Å². The number of unbranched alkanes of at least 4 members (excludes halogenated alkanes) is 6. The van der Waals surface area contributed by atoms with Gasteiger partial charge in [0, 0.05) is 0 Å². The van der Waals surface area contributed by atoms with Gasteiger partial charge < -0.3 is 10.1 Å². The lowest BCUT2D eigenvalue weighted by molar-refractivity contribution is -0.142. The Morgan fingerprint density at radius 1 is 0.833 bits per heavy atom. The Morgan fingerprint density at radius 2 is 1.42 bits per heavy atom. The second kappa shape index (κ2) is 19.7.